The molecule has 0 radical (unpaired) electrons. The minimum absolute atomic E-state index is 0.0656. The van der Waals surface area contributed by atoms with Crippen molar-refractivity contribution in [3.8, 4) is 0 Å². The molecule has 1 N–H and O–H groups in total. The minimum Gasteiger partial charge on any atom is -0.376 e. The van der Waals surface area contributed by atoms with Crippen LogP contribution >= 0.6 is 0 Å². The maximum Gasteiger partial charge on any atom is 0.225 e. The Balaban J connectivity index is 1.33. The van der Waals surface area contributed by atoms with Crippen molar-refractivity contribution in [2.45, 2.75) is 44.9 Å². The van der Waals surface area contributed by atoms with Gasteiger partial charge >= 0.3 is 0 Å². The van der Waals surface area contributed by atoms with Crippen LogP contribution in [0.2, 0.25) is 0 Å². The van der Waals surface area contributed by atoms with Crippen molar-refractivity contribution in [1.82, 2.24) is 25.1 Å². The second-order valence-electron chi connectivity index (χ2n) is 6.82. The third kappa shape index (κ3) is 4.01. The molecule has 4 heterocycles. The van der Waals surface area contributed by atoms with Crippen LogP contribution in [-0.4, -0.2) is 51.4 Å². The zero-order valence-corrected chi connectivity index (χ0v) is 14.8. The second-order valence-corrected chi connectivity index (χ2v) is 6.82. The fourth-order valence-electron chi connectivity index (χ4n) is 3.50. The third-order valence-electron chi connectivity index (χ3n) is 4.88. The fraction of sp³-hybridized carbons (Fsp3) is 0.556. The Kier molecular flexibility index (Phi) is 5.10. The van der Waals surface area contributed by atoms with E-state index in [1.54, 1.807) is 10.9 Å². The number of carbonyl (C=O) groups is 1. The number of carbonyl (C=O) groups excluding carboxylic acids is 1. The normalized spacial score (nSPS) is 19.8. The number of hydrogen-bond donors (Lipinski definition) is 1. The van der Waals surface area contributed by atoms with Crippen molar-refractivity contribution < 1.29 is 9.53 Å². The van der Waals surface area contributed by atoms with Crippen molar-refractivity contribution >= 4 is 11.9 Å². The summed E-state index contributed by atoms with van der Waals surface area (Å²) < 4.78 is 7.22. The Labute approximate surface area is 152 Å². The number of hydrogen-bond acceptors (Lipinski definition) is 6. The number of piperidine rings is 1. The summed E-state index contributed by atoms with van der Waals surface area (Å²) in [6, 6.07) is 2.00. The van der Waals surface area contributed by atoms with Gasteiger partial charge in [-0.05, 0) is 18.9 Å². The lowest BCUT2D eigenvalue weighted by molar-refractivity contribution is -0.122. The van der Waals surface area contributed by atoms with E-state index in [1.807, 2.05) is 18.5 Å². The smallest absolute Gasteiger partial charge is 0.225 e. The van der Waals surface area contributed by atoms with E-state index < -0.39 is 0 Å². The monoisotopic (exact) mass is 356 g/mol. The number of nitrogens with zero attached hydrogens (tertiary/aromatic N) is 5. The Hall–Kier alpha value is -2.48. The van der Waals surface area contributed by atoms with Gasteiger partial charge in [-0.25, -0.2) is 9.97 Å². The molecule has 8 heteroatoms. The van der Waals surface area contributed by atoms with Gasteiger partial charge < -0.3 is 15.0 Å². The van der Waals surface area contributed by atoms with Gasteiger partial charge in [-0.2, -0.15) is 5.10 Å². The molecule has 0 aliphatic carbocycles. The standard InChI is InChI=1S/C18H24N6O2/c25-17(4-9-24-8-2-6-20-24)21-15-3-1-7-23(12-15)18-19-11-14-13-26-10-5-16(14)22-18/h2,6,8,11,15H,1,3-5,7,9-10,12-13H2,(H,21,25). The van der Waals surface area contributed by atoms with Gasteiger partial charge in [-0.3, -0.25) is 9.48 Å². The van der Waals surface area contributed by atoms with E-state index in [2.05, 4.69) is 20.3 Å². The van der Waals surface area contributed by atoms with E-state index in [0.717, 1.165) is 56.2 Å². The first kappa shape index (κ1) is 17.0. The summed E-state index contributed by atoms with van der Waals surface area (Å²) in [5, 5.41) is 7.27. The molecule has 2 aliphatic heterocycles. The predicted molar refractivity (Wildman–Crippen MR) is 95.6 cm³/mol. The van der Waals surface area contributed by atoms with Gasteiger partial charge in [0.15, 0.2) is 0 Å². The first-order valence-electron chi connectivity index (χ1n) is 9.22. The van der Waals surface area contributed by atoms with Crippen LogP contribution < -0.4 is 10.2 Å². The van der Waals surface area contributed by atoms with Gasteiger partial charge in [-0.1, -0.05) is 0 Å². The van der Waals surface area contributed by atoms with Crippen LogP contribution in [0, 0.1) is 0 Å². The molecule has 0 aromatic carbocycles. The summed E-state index contributed by atoms with van der Waals surface area (Å²) in [5.74, 6) is 0.831. The lowest BCUT2D eigenvalue weighted by Gasteiger charge is -2.33. The highest BCUT2D eigenvalue weighted by Gasteiger charge is 2.24. The molecule has 1 amide bonds. The number of amides is 1. The molecule has 1 fully saturated rings. The summed E-state index contributed by atoms with van der Waals surface area (Å²) in [5.41, 5.74) is 2.17. The summed E-state index contributed by atoms with van der Waals surface area (Å²) in [4.78, 5) is 23.6. The number of ether oxygens (including phenoxy) is 1. The van der Waals surface area contributed by atoms with E-state index >= 15 is 0 Å². The highest BCUT2D eigenvalue weighted by atomic mass is 16.5. The maximum absolute atomic E-state index is 12.2. The second kappa shape index (κ2) is 7.82. The highest BCUT2D eigenvalue weighted by Crippen LogP contribution is 2.20. The van der Waals surface area contributed by atoms with Crippen LogP contribution in [0.15, 0.2) is 24.7 Å². The number of nitrogens with one attached hydrogen (secondary N) is 1. The molecule has 138 valence electrons. The van der Waals surface area contributed by atoms with Crippen LogP contribution in [-0.2, 0) is 29.1 Å². The van der Waals surface area contributed by atoms with Crippen molar-refractivity contribution in [3.05, 3.63) is 35.9 Å². The van der Waals surface area contributed by atoms with Gasteiger partial charge in [0, 0.05) is 62.7 Å². The Morgan fingerprint density at radius 1 is 1.42 bits per heavy atom. The van der Waals surface area contributed by atoms with E-state index in [1.165, 1.54) is 0 Å². The number of aromatic nitrogens is 4. The number of aryl methyl sites for hydroxylation is 1. The SMILES string of the molecule is O=C(CCn1cccn1)NC1CCCN(c2ncc3c(n2)CCOC3)C1. The quantitative estimate of drug-likeness (QED) is 0.858. The largest absolute Gasteiger partial charge is 0.376 e. The summed E-state index contributed by atoms with van der Waals surface area (Å²) in [6.07, 6.45) is 8.76. The van der Waals surface area contributed by atoms with E-state index in [0.29, 0.717) is 19.6 Å². The van der Waals surface area contributed by atoms with Crippen LogP contribution in [0.3, 0.4) is 0 Å². The van der Waals surface area contributed by atoms with Gasteiger partial charge in [0.05, 0.1) is 18.9 Å². The first-order valence-corrected chi connectivity index (χ1v) is 9.22. The Bertz CT molecular complexity index is 748. The molecular formula is C18H24N6O2. The predicted octanol–water partition coefficient (Wildman–Crippen LogP) is 0.921. The number of fused-ring (bicyclic) bond motifs is 1. The van der Waals surface area contributed by atoms with E-state index in [9.17, 15) is 4.79 Å². The van der Waals surface area contributed by atoms with Gasteiger partial charge in [0.25, 0.3) is 0 Å². The topological polar surface area (TPSA) is 85.2 Å². The molecule has 1 saturated heterocycles. The average Bonchev–Trinajstić information content (AvgIpc) is 3.20. The molecule has 0 bridgehead atoms. The average molecular weight is 356 g/mol. The Morgan fingerprint density at radius 3 is 3.27 bits per heavy atom. The van der Waals surface area contributed by atoms with E-state index in [4.69, 9.17) is 9.72 Å². The zero-order chi connectivity index (χ0) is 17.8. The molecule has 2 aliphatic rings. The zero-order valence-electron chi connectivity index (χ0n) is 14.8. The molecule has 0 spiro atoms. The van der Waals surface area contributed by atoms with Crippen LogP contribution in [0.5, 0.6) is 0 Å². The molecule has 8 nitrogen and oxygen atoms in total. The maximum atomic E-state index is 12.2. The van der Waals surface area contributed by atoms with Crippen molar-refractivity contribution in [2.24, 2.45) is 0 Å². The lowest BCUT2D eigenvalue weighted by Crippen LogP contribution is -2.48. The van der Waals surface area contributed by atoms with Gasteiger partial charge in [0.2, 0.25) is 11.9 Å². The van der Waals surface area contributed by atoms with Crippen molar-refractivity contribution in [2.75, 3.05) is 24.6 Å². The van der Waals surface area contributed by atoms with E-state index in [-0.39, 0.29) is 11.9 Å². The summed E-state index contributed by atoms with van der Waals surface area (Å²) >= 11 is 0. The van der Waals surface area contributed by atoms with Crippen LogP contribution in [0.1, 0.15) is 30.5 Å². The van der Waals surface area contributed by atoms with Crippen molar-refractivity contribution in [1.29, 1.82) is 0 Å². The minimum atomic E-state index is 0.0656. The van der Waals surface area contributed by atoms with Crippen molar-refractivity contribution in [3.63, 3.8) is 0 Å². The third-order valence-corrected chi connectivity index (χ3v) is 4.88. The fourth-order valence-corrected chi connectivity index (χ4v) is 3.50. The highest BCUT2D eigenvalue weighted by molar-refractivity contribution is 5.76. The molecule has 26 heavy (non-hydrogen) atoms. The lowest BCUT2D eigenvalue weighted by atomic mass is 10.1. The molecule has 2 aromatic rings. The molecule has 2 aromatic heterocycles. The molecule has 1 unspecified atom stereocenters. The number of rotatable bonds is 5. The molecule has 1 atom stereocenters. The van der Waals surface area contributed by atoms with Gasteiger partial charge in [0.1, 0.15) is 0 Å². The summed E-state index contributed by atoms with van der Waals surface area (Å²) in [6.45, 7) is 3.60. The number of anilines is 1. The molecule has 4 rings (SSSR count). The Morgan fingerprint density at radius 2 is 2.38 bits per heavy atom. The van der Waals surface area contributed by atoms with Crippen LogP contribution in [0.4, 0.5) is 5.95 Å². The van der Waals surface area contributed by atoms with Crippen LogP contribution in [0.25, 0.3) is 0 Å². The summed E-state index contributed by atoms with van der Waals surface area (Å²) in [7, 11) is 0. The molecular weight excluding hydrogens is 332 g/mol. The molecule has 0 saturated carbocycles. The first-order chi connectivity index (χ1) is 12.8. The van der Waals surface area contributed by atoms with Gasteiger partial charge in [-0.15, -0.1) is 0 Å².